The average Bonchev–Trinajstić information content (AvgIpc) is 2.82. The lowest BCUT2D eigenvalue weighted by molar-refractivity contribution is -0.118. The van der Waals surface area contributed by atoms with E-state index in [0.717, 1.165) is 28.1 Å². The Morgan fingerprint density at radius 2 is 1.82 bits per heavy atom. The molecule has 0 fully saturated rings. The molecular weight excluding hydrogens is 434 g/mol. The van der Waals surface area contributed by atoms with Gasteiger partial charge in [0.2, 0.25) is 5.91 Å². The number of nitrogens with zero attached hydrogens (tertiary/aromatic N) is 3. The van der Waals surface area contributed by atoms with E-state index in [-0.39, 0.29) is 24.8 Å². The molecule has 2 aromatic heterocycles. The molecule has 34 heavy (non-hydrogen) atoms. The van der Waals surface area contributed by atoms with E-state index >= 15 is 0 Å². The van der Waals surface area contributed by atoms with Gasteiger partial charge in [0.15, 0.2) is 0 Å². The predicted molar refractivity (Wildman–Crippen MR) is 129 cm³/mol. The first-order chi connectivity index (χ1) is 16.3. The number of carboxylic acid groups (broad SMARTS) is 1. The number of pyridine rings is 2. The van der Waals surface area contributed by atoms with Gasteiger partial charge in [0, 0.05) is 55.9 Å². The number of hydrogen-bond acceptors (Lipinski definition) is 5. The first kappa shape index (κ1) is 24.4. The van der Waals surface area contributed by atoms with E-state index in [1.54, 1.807) is 25.4 Å². The number of aromatic nitrogens is 2. The van der Waals surface area contributed by atoms with Crippen molar-refractivity contribution in [3.63, 3.8) is 0 Å². The van der Waals surface area contributed by atoms with Gasteiger partial charge in [-0.05, 0) is 55.3 Å². The van der Waals surface area contributed by atoms with Gasteiger partial charge in [-0.2, -0.15) is 0 Å². The van der Waals surface area contributed by atoms with Gasteiger partial charge in [-0.1, -0.05) is 12.1 Å². The summed E-state index contributed by atoms with van der Waals surface area (Å²) in [6, 6.07) is 12.9. The topological polar surface area (TPSA) is 125 Å². The second kappa shape index (κ2) is 11.0. The molecule has 3 aromatic rings. The first-order valence-electron chi connectivity index (χ1n) is 10.8. The highest BCUT2D eigenvalue weighted by Gasteiger charge is 2.14. The van der Waals surface area contributed by atoms with E-state index in [9.17, 15) is 14.4 Å². The fraction of sp³-hybridized carbons (Fsp3) is 0.240. The SMILES string of the molecule is Cc1cc(-c2ccc(C(=O)NCc3cccnc3C)cn2)ccc1N(C)C(=O)CCNC(=O)O. The summed E-state index contributed by atoms with van der Waals surface area (Å²) in [5.41, 5.74) is 5.44. The molecule has 0 saturated heterocycles. The zero-order valence-electron chi connectivity index (χ0n) is 19.3. The largest absolute Gasteiger partial charge is 0.465 e. The second-order valence-electron chi connectivity index (χ2n) is 7.80. The molecule has 0 spiro atoms. The highest BCUT2D eigenvalue weighted by Crippen LogP contribution is 2.26. The third-order valence-corrected chi connectivity index (χ3v) is 5.42. The molecule has 0 aliphatic carbocycles. The summed E-state index contributed by atoms with van der Waals surface area (Å²) in [5, 5.41) is 13.7. The maximum absolute atomic E-state index is 12.5. The van der Waals surface area contributed by atoms with Crippen LogP contribution in [0.15, 0.2) is 54.9 Å². The van der Waals surface area contributed by atoms with Crippen molar-refractivity contribution in [3.05, 3.63) is 77.2 Å². The average molecular weight is 462 g/mol. The molecule has 0 radical (unpaired) electrons. The number of amides is 3. The van der Waals surface area contributed by atoms with Crippen LogP contribution < -0.4 is 15.5 Å². The number of benzene rings is 1. The van der Waals surface area contributed by atoms with E-state index in [0.29, 0.717) is 17.8 Å². The van der Waals surface area contributed by atoms with Crippen LogP contribution in [0.1, 0.15) is 33.6 Å². The highest BCUT2D eigenvalue weighted by atomic mass is 16.4. The molecule has 0 aliphatic rings. The number of rotatable bonds is 8. The molecular formula is C25H27N5O4. The van der Waals surface area contributed by atoms with E-state index in [1.165, 1.54) is 11.1 Å². The van der Waals surface area contributed by atoms with Crippen LogP contribution in [0, 0.1) is 13.8 Å². The molecule has 9 heteroatoms. The summed E-state index contributed by atoms with van der Waals surface area (Å²) in [6.45, 7) is 4.23. The summed E-state index contributed by atoms with van der Waals surface area (Å²) in [7, 11) is 1.66. The van der Waals surface area contributed by atoms with Crippen molar-refractivity contribution in [2.24, 2.45) is 0 Å². The Balaban J connectivity index is 1.64. The minimum Gasteiger partial charge on any atom is -0.465 e. The Morgan fingerprint density at radius 1 is 1.03 bits per heavy atom. The maximum atomic E-state index is 12.5. The Hall–Kier alpha value is -4.27. The summed E-state index contributed by atoms with van der Waals surface area (Å²) in [6.07, 6.45) is 2.16. The van der Waals surface area contributed by atoms with E-state index in [2.05, 4.69) is 20.6 Å². The van der Waals surface area contributed by atoms with Crippen LogP contribution in [0.2, 0.25) is 0 Å². The summed E-state index contributed by atoms with van der Waals surface area (Å²) < 4.78 is 0. The van der Waals surface area contributed by atoms with Gasteiger partial charge < -0.3 is 20.6 Å². The molecule has 3 amide bonds. The fourth-order valence-electron chi connectivity index (χ4n) is 3.45. The Kier molecular flexibility index (Phi) is 7.92. The molecule has 0 atom stereocenters. The summed E-state index contributed by atoms with van der Waals surface area (Å²) in [5.74, 6) is -0.411. The van der Waals surface area contributed by atoms with Gasteiger partial charge >= 0.3 is 6.09 Å². The van der Waals surface area contributed by atoms with Gasteiger partial charge in [0.05, 0.1) is 11.3 Å². The Bertz CT molecular complexity index is 1190. The van der Waals surface area contributed by atoms with Gasteiger partial charge in [-0.15, -0.1) is 0 Å². The smallest absolute Gasteiger partial charge is 0.404 e. The zero-order valence-corrected chi connectivity index (χ0v) is 19.3. The molecule has 9 nitrogen and oxygen atoms in total. The molecule has 1 aromatic carbocycles. The predicted octanol–water partition coefficient (Wildman–Crippen LogP) is 3.31. The molecule has 2 heterocycles. The van der Waals surface area contributed by atoms with Crippen molar-refractivity contribution < 1.29 is 19.5 Å². The Labute approximate surface area is 197 Å². The van der Waals surface area contributed by atoms with Crippen LogP contribution in [0.4, 0.5) is 10.5 Å². The van der Waals surface area contributed by atoms with Crippen molar-refractivity contribution in [3.8, 4) is 11.3 Å². The van der Waals surface area contributed by atoms with Crippen LogP contribution in [-0.4, -0.2) is 46.6 Å². The number of carbonyl (C=O) groups is 3. The highest BCUT2D eigenvalue weighted by molar-refractivity contribution is 5.95. The second-order valence-corrected chi connectivity index (χ2v) is 7.80. The van der Waals surface area contributed by atoms with Crippen molar-refractivity contribution in [2.75, 3.05) is 18.5 Å². The quantitative estimate of drug-likeness (QED) is 0.473. The van der Waals surface area contributed by atoms with Crippen molar-refractivity contribution in [1.29, 1.82) is 0 Å². The number of aryl methyl sites for hydroxylation is 2. The van der Waals surface area contributed by atoms with Crippen molar-refractivity contribution in [2.45, 2.75) is 26.8 Å². The maximum Gasteiger partial charge on any atom is 0.404 e. The molecule has 0 saturated carbocycles. The van der Waals surface area contributed by atoms with Crippen LogP contribution in [0.5, 0.6) is 0 Å². The fourth-order valence-corrected chi connectivity index (χ4v) is 3.45. The molecule has 0 bridgehead atoms. The van der Waals surface area contributed by atoms with Gasteiger partial charge in [-0.25, -0.2) is 4.79 Å². The molecule has 0 unspecified atom stereocenters. The zero-order chi connectivity index (χ0) is 24.7. The standard InChI is InChI=1S/C25H27N5O4/c1-16-13-18(7-9-22(16)30(3)23(31)10-12-27-25(33)34)21-8-6-20(15-28-21)24(32)29-14-19-5-4-11-26-17(19)2/h4-9,11,13,15,27H,10,12,14H2,1-3H3,(H,29,32)(H,33,34). The normalized spacial score (nSPS) is 10.4. The summed E-state index contributed by atoms with van der Waals surface area (Å²) in [4.78, 5) is 45.5. The Morgan fingerprint density at radius 3 is 2.47 bits per heavy atom. The number of hydrogen-bond donors (Lipinski definition) is 3. The molecule has 3 rings (SSSR count). The van der Waals surface area contributed by atoms with Crippen LogP contribution in [-0.2, 0) is 11.3 Å². The lowest BCUT2D eigenvalue weighted by atomic mass is 10.0. The minimum absolute atomic E-state index is 0.0569. The molecule has 0 aliphatic heterocycles. The van der Waals surface area contributed by atoms with Crippen LogP contribution in [0.25, 0.3) is 11.3 Å². The van der Waals surface area contributed by atoms with Crippen LogP contribution in [0.3, 0.4) is 0 Å². The first-order valence-corrected chi connectivity index (χ1v) is 10.8. The third kappa shape index (κ3) is 6.16. The third-order valence-electron chi connectivity index (χ3n) is 5.42. The molecule has 176 valence electrons. The number of nitrogens with one attached hydrogen (secondary N) is 2. The summed E-state index contributed by atoms with van der Waals surface area (Å²) >= 11 is 0. The minimum atomic E-state index is -1.16. The number of carbonyl (C=O) groups excluding carboxylic acids is 2. The van der Waals surface area contributed by atoms with Gasteiger partial charge in [0.1, 0.15) is 0 Å². The lowest BCUT2D eigenvalue weighted by Crippen LogP contribution is -2.31. The molecule has 3 N–H and O–H groups in total. The van der Waals surface area contributed by atoms with Gasteiger partial charge in [-0.3, -0.25) is 19.6 Å². The van der Waals surface area contributed by atoms with E-state index in [1.807, 2.05) is 44.2 Å². The van der Waals surface area contributed by atoms with Gasteiger partial charge in [0.25, 0.3) is 5.91 Å². The lowest BCUT2D eigenvalue weighted by Gasteiger charge is -2.20. The van der Waals surface area contributed by atoms with Crippen molar-refractivity contribution in [1.82, 2.24) is 20.6 Å². The van der Waals surface area contributed by atoms with E-state index < -0.39 is 6.09 Å². The monoisotopic (exact) mass is 461 g/mol. The number of anilines is 1. The van der Waals surface area contributed by atoms with Crippen molar-refractivity contribution >= 4 is 23.6 Å². The van der Waals surface area contributed by atoms with Crippen LogP contribution >= 0.6 is 0 Å². The van der Waals surface area contributed by atoms with E-state index in [4.69, 9.17) is 5.11 Å².